The molecule has 0 aliphatic rings. The number of ether oxygens (including phenoxy) is 1. The van der Waals surface area contributed by atoms with Crippen molar-refractivity contribution in [3.63, 3.8) is 0 Å². The molecule has 0 spiro atoms. The van der Waals surface area contributed by atoms with Crippen molar-refractivity contribution >= 4 is 11.8 Å². The third kappa shape index (κ3) is 4.32. The van der Waals surface area contributed by atoms with Crippen LogP contribution in [0.1, 0.15) is 12.5 Å². The first-order valence-corrected chi connectivity index (χ1v) is 9.34. The summed E-state index contributed by atoms with van der Waals surface area (Å²) in [6.07, 6.45) is 1.81. The van der Waals surface area contributed by atoms with Gasteiger partial charge in [-0.25, -0.2) is 4.39 Å². The molecule has 0 fully saturated rings. The molecule has 0 aliphatic carbocycles. The van der Waals surface area contributed by atoms with Crippen molar-refractivity contribution in [1.29, 1.82) is 0 Å². The number of benzene rings is 2. The topological polar surface area (TPSA) is 39.9 Å². The molecule has 0 bridgehead atoms. The van der Waals surface area contributed by atoms with Gasteiger partial charge in [0.2, 0.25) is 0 Å². The number of aromatic nitrogens is 3. The molecule has 0 saturated heterocycles. The Morgan fingerprint density at radius 2 is 2.00 bits per heavy atom. The standard InChI is InChI=1S/C20H20FN3OS/c1-3-12-24-19(16-8-10-18(11-9-16)25-4-2)22-23-20(24)26-14-15-6-5-7-17(21)13-15/h3,5-11,13H,1,4,12,14H2,2H3. The zero-order valence-electron chi connectivity index (χ0n) is 14.6. The van der Waals surface area contributed by atoms with Gasteiger partial charge in [-0.3, -0.25) is 4.57 Å². The van der Waals surface area contributed by atoms with Crippen molar-refractivity contribution < 1.29 is 9.13 Å². The van der Waals surface area contributed by atoms with Gasteiger partial charge in [0.25, 0.3) is 0 Å². The first kappa shape index (κ1) is 18.2. The zero-order valence-corrected chi connectivity index (χ0v) is 15.4. The lowest BCUT2D eigenvalue weighted by atomic mass is 10.2. The molecule has 6 heteroatoms. The molecule has 0 amide bonds. The van der Waals surface area contributed by atoms with Crippen LogP contribution in [0.5, 0.6) is 5.75 Å². The van der Waals surface area contributed by atoms with Gasteiger partial charge in [-0.15, -0.1) is 16.8 Å². The van der Waals surface area contributed by atoms with Crippen molar-refractivity contribution in [1.82, 2.24) is 14.8 Å². The third-order valence-corrected chi connectivity index (χ3v) is 4.75. The van der Waals surface area contributed by atoms with E-state index in [0.717, 1.165) is 27.9 Å². The Kier molecular flexibility index (Phi) is 6.07. The van der Waals surface area contributed by atoms with Crippen molar-refractivity contribution in [2.75, 3.05) is 6.61 Å². The number of allylic oxidation sites excluding steroid dienone is 1. The van der Waals surface area contributed by atoms with Gasteiger partial charge < -0.3 is 4.74 Å². The average Bonchev–Trinajstić information content (AvgIpc) is 3.04. The van der Waals surface area contributed by atoms with Crippen LogP contribution in [-0.2, 0) is 12.3 Å². The Hall–Kier alpha value is -2.60. The fraction of sp³-hybridized carbons (Fsp3) is 0.200. The summed E-state index contributed by atoms with van der Waals surface area (Å²) >= 11 is 1.53. The Morgan fingerprint density at radius 3 is 2.69 bits per heavy atom. The molecule has 26 heavy (non-hydrogen) atoms. The van der Waals surface area contributed by atoms with Crippen LogP contribution >= 0.6 is 11.8 Å². The lowest BCUT2D eigenvalue weighted by Crippen LogP contribution is -2.01. The van der Waals surface area contributed by atoms with Crippen LogP contribution in [0.25, 0.3) is 11.4 Å². The lowest BCUT2D eigenvalue weighted by Gasteiger charge is -2.09. The van der Waals surface area contributed by atoms with E-state index in [4.69, 9.17) is 4.74 Å². The summed E-state index contributed by atoms with van der Waals surface area (Å²) in [6, 6.07) is 14.4. The normalized spacial score (nSPS) is 10.7. The number of halogens is 1. The minimum Gasteiger partial charge on any atom is -0.494 e. The maximum atomic E-state index is 13.3. The molecule has 134 valence electrons. The van der Waals surface area contributed by atoms with Gasteiger partial charge in [0, 0.05) is 17.9 Å². The molecular weight excluding hydrogens is 349 g/mol. The molecule has 4 nitrogen and oxygen atoms in total. The minimum atomic E-state index is -0.231. The van der Waals surface area contributed by atoms with Crippen LogP contribution in [0.3, 0.4) is 0 Å². The predicted octanol–water partition coefficient (Wildman–Crippen LogP) is 4.96. The summed E-state index contributed by atoms with van der Waals surface area (Å²) in [5.41, 5.74) is 1.87. The SMILES string of the molecule is C=CCn1c(SCc2cccc(F)c2)nnc1-c1ccc(OCC)cc1. The van der Waals surface area contributed by atoms with E-state index in [1.54, 1.807) is 6.07 Å². The number of rotatable bonds is 8. The molecular formula is C20H20FN3OS. The monoisotopic (exact) mass is 369 g/mol. The van der Waals surface area contributed by atoms with E-state index in [1.165, 1.54) is 23.9 Å². The van der Waals surface area contributed by atoms with Gasteiger partial charge in [0.15, 0.2) is 11.0 Å². The molecule has 0 unspecified atom stereocenters. The van der Waals surface area contributed by atoms with E-state index < -0.39 is 0 Å². The van der Waals surface area contributed by atoms with Crippen LogP contribution in [-0.4, -0.2) is 21.4 Å². The second-order valence-electron chi connectivity index (χ2n) is 5.58. The third-order valence-electron chi connectivity index (χ3n) is 3.71. The van der Waals surface area contributed by atoms with Crippen molar-refractivity contribution in [3.05, 3.63) is 72.6 Å². The van der Waals surface area contributed by atoms with Crippen molar-refractivity contribution in [2.45, 2.75) is 24.4 Å². The zero-order chi connectivity index (χ0) is 18.4. The molecule has 0 atom stereocenters. The molecule has 1 heterocycles. The lowest BCUT2D eigenvalue weighted by molar-refractivity contribution is 0.340. The average molecular weight is 369 g/mol. The summed E-state index contributed by atoms with van der Waals surface area (Å²) < 4.78 is 20.8. The molecule has 1 aromatic heterocycles. The molecule has 2 aromatic carbocycles. The Morgan fingerprint density at radius 1 is 1.19 bits per heavy atom. The molecule has 0 radical (unpaired) electrons. The molecule has 0 N–H and O–H groups in total. The van der Waals surface area contributed by atoms with E-state index >= 15 is 0 Å². The van der Waals surface area contributed by atoms with Crippen LogP contribution in [0.2, 0.25) is 0 Å². The Labute approximate surface area is 156 Å². The molecule has 3 aromatic rings. The first-order chi connectivity index (χ1) is 12.7. The van der Waals surface area contributed by atoms with Crippen LogP contribution in [0.15, 0.2) is 66.3 Å². The second kappa shape index (κ2) is 8.67. The highest BCUT2D eigenvalue weighted by Crippen LogP contribution is 2.27. The largest absolute Gasteiger partial charge is 0.494 e. The Bertz CT molecular complexity index is 877. The van der Waals surface area contributed by atoms with Gasteiger partial charge in [0.1, 0.15) is 11.6 Å². The maximum Gasteiger partial charge on any atom is 0.192 e. The quantitative estimate of drug-likeness (QED) is 0.416. The van der Waals surface area contributed by atoms with Crippen molar-refractivity contribution in [3.8, 4) is 17.1 Å². The summed E-state index contributed by atoms with van der Waals surface area (Å²) in [6.45, 7) is 7.01. The summed E-state index contributed by atoms with van der Waals surface area (Å²) in [5.74, 6) is 1.99. The highest BCUT2D eigenvalue weighted by Gasteiger charge is 2.14. The fourth-order valence-electron chi connectivity index (χ4n) is 2.54. The number of hydrogen-bond acceptors (Lipinski definition) is 4. The van der Waals surface area contributed by atoms with Crippen molar-refractivity contribution in [2.24, 2.45) is 0 Å². The fourth-order valence-corrected chi connectivity index (χ4v) is 3.43. The van der Waals surface area contributed by atoms with Crippen LogP contribution < -0.4 is 4.74 Å². The van der Waals surface area contributed by atoms with E-state index in [9.17, 15) is 4.39 Å². The predicted molar refractivity (Wildman–Crippen MR) is 103 cm³/mol. The molecule has 0 saturated carbocycles. The highest BCUT2D eigenvalue weighted by molar-refractivity contribution is 7.98. The maximum absolute atomic E-state index is 13.3. The van der Waals surface area contributed by atoms with Gasteiger partial charge in [0.05, 0.1) is 6.61 Å². The second-order valence-corrected chi connectivity index (χ2v) is 6.52. The van der Waals surface area contributed by atoms with E-state index in [1.807, 2.05) is 47.9 Å². The van der Waals surface area contributed by atoms with E-state index in [2.05, 4.69) is 16.8 Å². The van der Waals surface area contributed by atoms with Crippen LogP contribution in [0.4, 0.5) is 4.39 Å². The number of hydrogen-bond donors (Lipinski definition) is 0. The van der Waals surface area contributed by atoms with E-state index in [-0.39, 0.29) is 5.82 Å². The number of thioether (sulfide) groups is 1. The van der Waals surface area contributed by atoms with Crippen LogP contribution in [0, 0.1) is 5.82 Å². The summed E-state index contributed by atoms with van der Waals surface area (Å²) in [7, 11) is 0. The molecule has 0 aliphatic heterocycles. The minimum absolute atomic E-state index is 0.231. The molecule has 3 rings (SSSR count). The summed E-state index contributed by atoms with van der Waals surface area (Å²) in [4.78, 5) is 0. The van der Waals surface area contributed by atoms with Gasteiger partial charge in [-0.1, -0.05) is 30.0 Å². The first-order valence-electron chi connectivity index (χ1n) is 8.36. The van der Waals surface area contributed by atoms with E-state index in [0.29, 0.717) is 18.9 Å². The summed E-state index contributed by atoms with van der Waals surface area (Å²) in [5, 5.41) is 9.43. The smallest absolute Gasteiger partial charge is 0.192 e. The van der Waals surface area contributed by atoms with Gasteiger partial charge >= 0.3 is 0 Å². The highest BCUT2D eigenvalue weighted by atomic mass is 32.2. The number of nitrogens with zero attached hydrogens (tertiary/aromatic N) is 3. The van der Waals surface area contributed by atoms with Gasteiger partial charge in [-0.2, -0.15) is 0 Å². The van der Waals surface area contributed by atoms with Gasteiger partial charge in [-0.05, 0) is 48.9 Å². The Balaban J connectivity index is 1.82.